The van der Waals surface area contributed by atoms with Gasteiger partial charge in [-0.1, -0.05) is 79.9 Å². The first-order valence-corrected chi connectivity index (χ1v) is 6.08. The highest BCUT2D eigenvalue weighted by atomic mass is 14.4. The molecule has 0 saturated heterocycles. The van der Waals surface area contributed by atoms with Crippen LogP contribution in [-0.4, -0.2) is 7.28 Å². The van der Waals surface area contributed by atoms with Crippen LogP contribution in [0.1, 0.15) is 69.2 Å². The van der Waals surface area contributed by atoms with Crippen molar-refractivity contribution in [2.75, 3.05) is 0 Å². The van der Waals surface area contributed by atoms with Gasteiger partial charge in [-0.2, -0.15) is 0 Å². The largest absolute Gasteiger partial charge is 0.126 e. The molecule has 0 atom stereocenters. The molecule has 0 unspecified atom stereocenters. The van der Waals surface area contributed by atoms with Crippen molar-refractivity contribution >= 4 is 7.28 Å². The second kappa shape index (κ2) is 3.82. The molecule has 0 heterocycles. The summed E-state index contributed by atoms with van der Waals surface area (Å²) in [7, 11) is 2.54. The lowest BCUT2D eigenvalue weighted by Gasteiger charge is -2.48. The Morgan fingerprint density at radius 1 is 0.467 bits per heavy atom. The van der Waals surface area contributed by atoms with Gasteiger partial charge in [-0.3, -0.25) is 0 Å². The van der Waals surface area contributed by atoms with E-state index >= 15 is 0 Å². The van der Waals surface area contributed by atoms with Gasteiger partial charge in [0.05, 0.1) is 0 Å². The molecule has 0 nitrogen and oxygen atoms in total. The highest BCUT2D eigenvalue weighted by Crippen LogP contribution is 2.54. The second-order valence-electron chi connectivity index (χ2n) is 8.09. The molecule has 0 fully saturated rings. The molecule has 0 aliphatic heterocycles. The van der Waals surface area contributed by atoms with Crippen molar-refractivity contribution in [2.24, 2.45) is 10.8 Å². The summed E-state index contributed by atoms with van der Waals surface area (Å²) in [6, 6.07) is 0. The summed E-state index contributed by atoms with van der Waals surface area (Å²) in [6.45, 7) is 23.3. The fourth-order valence-corrected chi connectivity index (χ4v) is 1.34. The molecule has 0 aromatic heterocycles. The van der Waals surface area contributed by atoms with Gasteiger partial charge in [0.15, 0.2) is 0 Å². The van der Waals surface area contributed by atoms with Crippen LogP contribution in [-0.2, 0) is 0 Å². The SMILES string of the molecule is CC(C)(C)C(C)(C)[B]C(C)(C)C(C)(C)C. The van der Waals surface area contributed by atoms with Crippen molar-refractivity contribution in [2.45, 2.75) is 79.9 Å². The van der Waals surface area contributed by atoms with Crippen LogP contribution in [0.5, 0.6) is 0 Å². The van der Waals surface area contributed by atoms with Crippen LogP contribution >= 0.6 is 0 Å². The monoisotopic (exact) mass is 209 g/mol. The van der Waals surface area contributed by atoms with Gasteiger partial charge in [-0.15, -0.1) is 0 Å². The highest BCUT2D eigenvalue weighted by Gasteiger charge is 2.43. The third kappa shape index (κ3) is 3.54. The Morgan fingerprint density at radius 2 is 0.667 bits per heavy atom. The Morgan fingerprint density at radius 3 is 0.800 bits per heavy atom. The normalized spacial score (nSPS) is 15.3. The Bertz CT molecular complexity index is 186. The van der Waals surface area contributed by atoms with Crippen LogP contribution < -0.4 is 0 Å². The van der Waals surface area contributed by atoms with E-state index in [1.807, 2.05) is 0 Å². The zero-order chi connectivity index (χ0) is 12.7. The Balaban J connectivity index is 4.89. The summed E-state index contributed by atoms with van der Waals surface area (Å²) in [4.78, 5) is 0. The zero-order valence-corrected chi connectivity index (χ0v) is 12.6. The fourth-order valence-electron chi connectivity index (χ4n) is 1.34. The molecule has 0 spiro atoms. The summed E-state index contributed by atoms with van der Waals surface area (Å²) in [6.07, 6.45) is 0. The molecule has 0 bridgehead atoms. The Labute approximate surface area is 98.5 Å². The van der Waals surface area contributed by atoms with Gasteiger partial charge >= 0.3 is 0 Å². The Hall–Kier alpha value is 0.0649. The van der Waals surface area contributed by atoms with Crippen molar-refractivity contribution in [3.8, 4) is 0 Å². The average Bonchev–Trinajstić information content (AvgIpc) is 1.77. The van der Waals surface area contributed by atoms with Gasteiger partial charge in [0.25, 0.3) is 0 Å². The maximum Gasteiger partial charge on any atom is 0.126 e. The minimum absolute atomic E-state index is 0.254. The van der Waals surface area contributed by atoms with Crippen LogP contribution in [0.2, 0.25) is 10.6 Å². The predicted octanol–water partition coefficient (Wildman–Crippen LogP) is 5.18. The first kappa shape index (κ1) is 15.1. The zero-order valence-electron chi connectivity index (χ0n) is 12.6. The van der Waals surface area contributed by atoms with Gasteiger partial charge in [-0.25, -0.2) is 0 Å². The molecule has 89 valence electrons. The molecular weight excluding hydrogens is 179 g/mol. The maximum atomic E-state index is 2.54. The summed E-state index contributed by atoms with van der Waals surface area (Å²) in [5.41, 5.74) is 0.630. The van der Waals surface area contributed by atoms with Crippen molar-refractivity contribution < 1.29 is 0 Å². The van der Waals surface area contributed by atoms with Crippen LogP contribution in [0.4, 0.5) is 0 Å². The van der Waals surface area contributed by atoms with Crippen LogP contribution in [0.3, 0.4) is 0 Å². The van der Waals surface area contributed by atoms with E-state index in [0.29, 0.717) is 10.8 Å². The molecule has 0 rings (SSSR count). The minimum atomic E-state index is 0.254. The lowest BCUT2D eigenvalue weighted by Crippen LogP contribution is -2.39. The summed E-state index contributed by atoms with van der Waals surface area (Å²) in [5, 5.41) is 0.507. The molecule has 15 heavy (non-hydrogen) atoms. The molecule has 1 radical (unpaired) electrons. The first-order chi connectivity index (χ1) is 6.21. The van der Waals surface area contributed by atoms with Gasteiger partial charge in [-0.05, 0) is 10.8 Å². The van der Waals surface area contributed by atoms with Crippen molar-refractivity contribution in [1.29, 1.82) is 0 Å². The first-order valence-electron chi connectivity index (χ1n) is 6.08. The van der Waals surface area contributed by atoms with Gasteiger partial charge in [0.1, 0.15) is 7.28 Å². The van der Waals surface area contributed by atoms with E-state index < -0.39 is 0 Å². The molecule has 0 aromatic carbocycles. The predicted molar refractivity (Wildman–Crippen MR) is 72.7 cm³/mol. The Kier molecular flexibility index (Phi) is 3.84. The van der Waals surface area contributed by atoms with Crippen molar-refractivity contribution in [3.63, 3.8) is 0 Å². The van der Waals surface area contributed by atoms with E-state index in [9.17, 15) is 0 Å². The third-order valence-electron chi connectivity index (χ3n) is 4.59. The van der Waals surface area contributed by atoms with E-state index in [4.69, 9.17) is 0 Å². The third-order valence-corrected chi connectivity index (χ3v) is 4.59. The molecule has 0 aromatic rings. The maximum absolute atomic E-state index is 2.54. The molecule has 0 saturated carbocycles. The van der Waals surface area contributed by atoms with Crippen molar-refractivity contribution in [3.05, 3.63) is 0 Å². The van der Waals surface area contributed by atoms with Crippen LogP contribution in [0.25, 0.3) is 0 Å². The molecule has 0 N–H and O–H groups in total. The van der Waals surface area contributed by atoms with Gasteiger partial charge in [0.2, 0.25) is 0 Å². The van der Waals surface area contributed by atoms with E-state index in [2.05, 4.69) is 76.5 Å². The fraction of sp³-hybridized carbons (Fsp3) is 1.00. The molecule has 0 aliphatic carbocycles. The number of rotatable bonds is 2. The summed E-state index contributed by atoms with van der Waals surface area (Å²) >= 11 is 0. The van der Waals surface area contributed by atoms with Gasteiger partial charge in [0, 0.05) is 0 Å². The molecule has 1 heteroatoms. The van der Waals surface area contributed by atoms with E-state index in [-0.39, 0.29) is 10.6 Å². The summed E-state index contributed by atoms with van der Waals surface area (Å²) in [5.74, 6) is 0. The molecule has 0 aliphatic rings. The molecular formula is C14H30B. The number of hydrogen-bond donors (Lipinski definition) is 0. The summed E-state index contributed by atoms with van der Waals surface area (Å²) < 4.78 is 0. The minimum Gasteiger partial charge on any atom is -0.0666 e. The lowest BCUT2D eigenvalue weighted by molar-refractivity contribution is 0.256. The van der Waals surface area contributed by atoms with E-state index in [1.54, 1.807) is 0 Å². The smallest absolute Gasteiger partial charge is 0.0666 e. The quantitative estimate of drug-likeness (QED) is 0.549. The van der Waals surface area contributed by atoms with Crippen molar-refractivity contribution in [1.82, 2.24) is 0 Å². The molecule has 0 amide bonds. The van der Waals surface area contributed by atoms with Crippen LogP contribution in [0, 0.1) is 10.8 Å². The van der Waals surface area contributed by atoms with E-state index in [0.717, 1.165) is 0 Å². The van der Waals surface area contributed by atoms with Gasteiger partial charge < -0.3 is 0 Å². The lowest BCUT2D eigenvalue weighted by atomic mass is 9.31. The highest BCUT2D eigenvalue weighted by molar-refractivity contribution is 6.44. The topological polar surface area (TPSA) is 0 Å². The second-order valence-corrected chi connectivity index (χ2v) is 8.09. The van der Waals surface area contributed by atoms with Crippen LogP contribution in [0.15, 0.2) is 0 Å². The van der Waals surface area contributed by atoms with E-state index in [1.165, 1.54) is 0 Å². The number of hydrogen-bond acceptors (Lipinski definition) is 0. The average molecular weight is 209 g/mol. The standard InChI is InChI=1S/C14H30B/c1-11(2,3)13(7,8)15-14(9,10)12(4,5)6/h1-10H3.